The van der Waals surface area contributed by atoms with Crippen LogP contribution in [0.1, 0.15) is 13.8 Å². The molecule has 0 radical (unpaired) electrons. The summed E-state index contributed by atoms with van der Waals surface area (Å²) in [4.78, 5) is 4.07. The van der Waals surface area contributed by atoms with E-state index in [1.54, 1.807) is 12.2 Å². The van der Waals surface area contributed by atoms with Crippen LogP contribution in [0.3, 0.4) is 0 Å². The van der Waals surface area contributed by atoms with Crippen LogP contribution in [0.2, 0.25) is 0 Å². The summed E-state index contributed by atoms with van der Waals surface area (Å²) >= 11 is 5.98. The topological polar surface area (TPSA) is 48.2 Å². The minimum absolute atomic E-state index is 0.420. The zero-order chi connectivity index (χ0) is 12.8. The molecule has 0 bridgehead atoms. The summed E-state index contributed by atoms with van der Waals surface area (Å²) in [5.41, 5.74) is 3.19. The molecule has 1 rings (SSSR count). The van der Waals surface area contributed by atoms with E-state index in [-0.39, 0.29) is 0 Å². The third-order valence-electron chi connectivity index (χ3n) is 2.35. The Morgan fingerprint density at radius 1 is 1.65 bits per heavy atom. The minimum atomic E-state index is 0.420. The fourth-order valence-corrected chi connectivity index (χ4v) is 1.81. The molecule has 1 aliphatic rings. The molecule has 0 aromatic rings. The first-order valence-corrected chi connectivity index (χ1v) is 5.54. The van der Waals surface area contributed by atoms with E-state index in [0.29, 0.717) is 17.4 Å². The minimum Gasteiger partial charge on any atom is -0.366 e. The summed E-state index contributed by atoms with van der Waals surface area (Å²) < 4.78 is 0. The maximum Gasteiger partial charge on any atom is 0.142 e. The van der Waals surface area contributed by atoms with Gasteiger partial charge in [0.1, 0.15) is 18.4 Å². The van der Waals surface area contributed by atoms with Gasteiger partial charge in [-0.3, -0.25) is 4.99 Å². The molecular formula is C13H14ClN3. The van der Waals surface area contributed by atoms with Crippen molar-refractivity contribution < 1.29 is 0 Å². The summed E-state index contributed by atoms with van der Waals surface area (Å²) in [5, 5.41) is 12.7. The largest absolute Gasteiger partial charge is 0.366 e. The van der Waals surface area contributed by atoms with Crippen molar-refractivity contribution in [1.29, 1.82) is 5.26 Å². The zero-order valence-electron chi connectivity index (χ0n) is 9.92. The first kappa shape index (κ1) is 13.3. The lowest BCUT2D eigenvalue weighted by Crippen LogP contribution is -2.24. The van der Waals surface area contributed by atoms with Crippen LogP contribution in [0, 0.1) is 11.3 Å². The predicted octanol–water partition coefficient (Wildman–Crippen LogP) is 3.04. The number of hydrogen-bond donors (Lipinski definition) is 1. The lowest BCUT2D eigenvalue weighted by Gasteiger charge is -2.17. The highest BCUT2D eigenvalue weighted by molar-refractivity contribution is 6.31. The van der Waals surface area contributed by atoms with E-state index >= 15 is 0 Å². The average Bonchev–Trinajstić information content (AvgIpc) is 2.29. The summed E-state index contributed by atoms with van der Waals surface area (Å²) in [5.74, 6) is 0. The molecule has 0 spiro atoms. The van der Waals surface area contributed by atoms with Crippen LogP contribution in [0.5, 0.6) is 0 Å². The molecule has 0 aromatic heterocycles. The van der Waals surface area contributed by atoms with Crippen LogP contribution in [0.4, 0.5) is 0 Å². The normalized spacial score (nSPS) is 17.2. The lowest BCUT2D eigenvalue weighted by atomic mass is 10.0. The average molecular weight is 248 g/mol. The first-order chi connectivity index (χ1) is 8.10. The molecule has 17 heavy (non-hydrogen) atoms. The smallest absolute Gasteiger partial charge is 0.142 e. The highest BCUT2D eigenvalue weighted by Gasteiger charge is 2.13. The fraction of sp³-hybridized carbons (Fsp3) is 0.231. The van der Waals surface area contributed by atoms with E-state index in [2.05, 4.69) is 23.0 Å². The Morgan fingerprint density at radius 3 is 2.94 bits per heavy atom. The predicted molar refractivity (Wildman–Crippen MR) is 71.6 cm³/mol. The highest BCUT2D eigenvalue weighted by Crippen LogP contribution is 2.18. The van der Waals surface area contributed by atoms with E-state index < -0.39 is 0 Å². The third kappa shape index (κ3) is 3.33. The Bertz CT molecular complexity index is 487. The van der Waals surface area contributed by atoms with Crippen LogP contribution in [-0.4, -0.2) is 12.4 Å². The molecule has 0 aromatic carbocycles. The zero-order valence-corrected chi connectivity index (χ0v) is 10.7. The van der Waals surface area contributed by atoms with Crippen molar-refractivity contribution in [3.63, 3.8) is 0 Å². The van der Waals surface area contributed by atoms with E-state index in [4.69, 9.17) is 16.9 Å². The Hall–Kier alpha value is -1.79. The maximum absolute atomic E-state index is 8.91. The van der Waals surface area contributed by atoms with Crippen molar-refractivity contribution >= 4 is 17.3 Å². The summed E-state index contributed by atoms with van der Waals surface area (Å²) in [6.45, 7) is 7.80. The number of nitriles is 1. The molecule has 0 atom stereocenters. The van der Waals surface area contributed by atoms with Gasteiger partial charge in [0.25, 0.3) is 0 Å². The molecule has 0 fully saturated rings. The maximum atomic E-state index is 8.91. The third-order valence-corrected chi connectivity index (χ3v) is 2.59. The van der Waals surface area contributed by atoms with Crippen LogP contribution in [0.15, 0.2) is 51.7 Å². The summed E-state index contributed by atoms with van der Waals surface area (Å²) in [7, 11) is 0. The second-order valence-electron chi connectivity index (χ2n) is 3.57. The molecule has 4 heteroatoms. The Morgan fingerprint density at radius 2 is 2.35 bits per heavy atom. The Labute approximate surface area is 106 Å². The molecule has 3 nitrogen and oxygen atoms in total. The molecular weight excluding hydrogens is 234 g/mol. The Balaban J connectivity index is 3.09. The van der Waals surface area contributed by atoms with Crippen LogP contribution in [-0.2, 0) is 0 Å². The van der Waals surface area contributed by atoms with Gasteiger partial charge in [0.2, 0.25) is 0 Å². The van der Waals surface area contributed by atoms with Gasteiger partial charge < -0.3 is 5.32 Å². The molecule has 1 heterocycles. The van der Waals surface area contributed by atoms with Crippen molar-refractivity contribution in [2.24, 2.45) is 4.99 Å². The van der Waals surface area contributed by atoms with Crippen LogP contribution in [0.25, 0.3) is 0 Å². The van der Waals surface area contributed by atoms with Crippen LogP contribution >= 0.6 is 11.6 Å². The number of halogens is 1. The fourth-order valence-electron chi connectivity index (χ4n) is 1.56. The Kier molecular flexibility index (Phi) is 4.74. The number of nitrogens with zero attached hydrogens (tertiary/aromatic N) is 2. The van der Waals surface area contributed by atoms with Gasteiger partial charge in [-0.05, 0) is 31.6 Å². The van der Waals surface area contributed by atoms with Gasteiger partial charge in [0, 0.05) is 16.3 Å². The van der Waals surface area contributed by atoms with Crippen molar-refractivity contribution in [1.82, 2.24) is 5.32 Å². The van der Waals surface area contributed by atoms with E-state index in [9.17, 15) is 0 Å². The number of allylic oxidation sites excluding steroid dienone is 6. The SMILES string of the molecule is C=C/C=C(Cl)\C=C(/C)C1=C(C)C(C#N)=NCN1. The van der Waals surface area contributed by atoms with Crippen molar-refractivity contribution in [3.8, 4) is 6.07 Å². The monoisotopic (exact) mass is 247 g/mol. The number of aliphatic imine (C=N–C) groups is 1. The highest BCUT2D eigenvalue weighted by atomic mass is 35.5. The van der Waals surface area contributed by atoms with Gasteiger partial charge >= 0.3 is 0 Å². The molecule has 1 N–H and O–H groups in total. The number of rotatable bonds is 3. The lowest BCUT2D eigenvalue weighted by molar-refractivity contribution is 0.812. The second kappa shape index (κ2) is 6.07. The molecule has 0 saturated heterocycles. The first-order valence-electron chi connectivity index (χ1n) is 5.16. The molecule has 0 saturated carbocycles. The van der Waals surface area contributed by atoms with Crippen molar-refractivity contribution in [2.45, 2.75) is 13.8 Å². The van der Waals surface area contributed by atoms with Gasteiger partial charge in [-0.15, -0.1) is 0 Å². The van der Waals surface area contributed by atoms with E-state index in [1.807, 2.05) is 19.9 Å². The van der Waals surface area contributed by atoms with Gasteiger partial charge in [-0.2, -0.15) is 5.26 Å². The molecule has 0 aliphatic carbocycles. The van der Waals surface area contributed by atoms with Gasteiger partial charge in [0.05, 0.1) is 0 Å². The summed E-state index contributed by atoms with van der Waals surface area (Å²) in [6, 6.07) is 2.08. The standard InChI is InChI=1S/C13H14ClN3/c1-4-5-11(14)6-9(2)13-10(3)12(7-15)16-8-17-13/h4-6,17H,1,8H2,2-3H3/b9-6+,11-5+. The van der Waals surface area contributed by atoms with Gasteiger partial charge in [0.15, 0.2) is 0 Å². The molecule has 0 unspecified atom stereocenters. The molecule has 0 amide bonds. The van der Waals surface area contributed by atoms with E-state index in [0.717, 1.165) is 16.8 Å². The molecule has 88 valence electrons. The quantitative estimate of drug-likeness (QED) is 0.780. The van der Waals surface area contributed by atoms with E-state index in [1.165, 1.54) is 0 Å². The van der Waals surface area contributed by atoms with Crippen molar-refractivity contribution in [3.05, 3.63) is 46.7 Å². The van der Waals surface area contributed by atoms with Crippen molar-refractivity contribution in [2.75, 3.05) is 6.67 Å². The van der Waals surface area contributed by atoms with Crippen LogP contribution < -0.4 is 5.32 Å². The molecule has 1 aliphatic heterocycles. The number of nitrogens with one attached hydrogen (secondary N) is 1. The number of hydrogen-bond acceptors (Lipinski definition) is 3. The summed E-state index contributed by atoms with van der Waals surface area (Å²) in [6.07, 6.45) is 5.17. The van der Waals surface area contributed by atoms with Gasteiger partial charge in [-0.1, -0.05) is 24.3 Å². The van der Waals surface area contributed by atoms with Gasteiger partial charge in [-0.25, -0.2) is 0 Å². The second-order valence-corrected chi connectivity index (χ2v) is 4.00.